The summed E-state index contributed by atoms with van der Waals surface area (Å²) in [6.45, 7) is 1.94. The van der Waals surface area contributed by atoms with Gasteiger partial charge in [0.05, 0.1) is 12.7 Å². The number of esters is 1. The highest BCUT2D eigenvalue weighted by atomic mass is 16.5. The summed E-state index contributed by atoms with van der Waals surface area (Å²) in [5.74, 6) is -0.272. The maximum atomic E-state index is 11.4. The number of ether oxygens (including phenoxy) is 1. The van der Waals surface area contributed by atoms with Crippen LogP contribution in [0.25, 0.3) is 0 Å². The zero-order valence-electron chi connectivity index (χ0n) is 10.5. The molecule has 1 aliphatic rings. The molecule has 2 N–H and O–H groups in total. The summed E-state index contributed by atoms with van der Waals surface area (Å²) in [6.07, 6.45) is 4.31. The summed E-state index contributed by atoms with van der Waals surface area (Å²) in [6, 6.07) is 5.88. The molecular formula is C14H19NO2. The monoisotopic (exact) mass is 233 g/mol. The van der Waals surface area contributed by atoms with E-state index in [0.29, 0.717) is 5.56 Å². The predicted molar refractivity (Wildman–Crippen MR) is 67.0 cm³/mol. The largest absolute Gasteiger partial charge is 0.465 e. The molecule has 3 nitrogen and oxygen atoms in total. The number of benzene rings is 1. The molecule has 0 spiro atoms. The fourth-order valence-corrected chi connectivity index (χ4v) is 2.02. The molecular weight excluding hydrogens is 214 g/mol. The fraction of sp³-hybridized carbons (Fsp3) is 0.500. The fourth-order valence-electron chi connectivity index (χ4n) is 2.02. The Morgan fingerprint density at radius 3 is 2.71 bits per heavy atom. The molecule has 1 aliphatic carbocycles. The average Bonchev–Trinajstić information content (AvgIpc) is 3.05. The van der Waals surface area contributed by atoms with Gasteiger partial charge in [0.2, 0.25) is 0 Å². The molecule has 0 aromatic heterocycles. The molecule has 1 fully saturated rings. The lowest BCUT2D eigenvalue weighted by Crippen LogP contribution is -2.22. The molecule has 0 atom stereocenters. The first kappa shape index (κ1) is 12.1. The van der Waals surface area contributed by atoms with Gasteiger partial charge in [-0.3, -0.25) is 0 Å². The van der Waals surface area contributed by atoms with Crippen LogP contribution < -0.4 is 5.73 Å². The number of methoxy groups -OCH3 is 1. The average molecular weight is 233 g/mol. The van der Waals surface area contributed by atoms with Crippen LogP contribution in [0.1, 0.15) is 40.7 Å². The number of rotatable bonds is 4. The third-order valence-corrected chi connectivity index (χ3v) is 3.50. The third-order valence-electron chi connectivity index (χ3n) is 3.50. The second kappa shape index (κ2) is 4.49. The van der Waals surface area contributed by atoms with Gasteiger partial charge < -0.3 is 10.5 Å². The van der Waals surface area contributed by atoms with Gasteiger partial charge in [-0.2, -0.15) is 0 Å². The first-order valence-corrected chi connectivity index (χ1v) is 6.01. The van der Waals surface area contributed by atoms with Crippen LogP contribution >= 0.6 is 0 Å². The van der Waals surface area contributed by atoms with Crippen LogP contribution in [0.4, 0.5) is 0 Å². The van der Waals surface area contributed by atoms with E-state index < -0.39 is 0 Å². The van der Waals surface area contributed by atoms with Crippen molar-refractivity contribution in [3.05, 3.63) is 34.9 Å². The summed E-state index contributed by atoms with van der Waals surface area (Å²) in [4.78, 5) is 11.4. The van der Waals surface area contributed by atoms with E-state index in [2.05, 4.69) is 6.07 Å². The number of aryl methyl sites for hydroxylation is 2. The summed E-state index contributed by atoms with van der Waals surface area (Å²) >= 11 is 0. The quantitative estimate of drug-likeness (QED) is 0.811. The van der Waals surface area contributed by atoms with Gasteiger partial charge in [0.25, 0.3) is 0 Å². The van der Waals surface area contributed by atoms with Crippen molar-refractivity contribution in [2.24, 2.45) is 5.73 Å². The molecule has 0 heterocycles. The van der Waals surface area contributed by atoms with E-state index in [1.807, 2.05) is 19.1 Å². The van der Waals surface area contributed by atoms with E-state index in [4.69, 9.17) is 10.5 Å². The van der Waals surface area contributed by atoms with Crippen LogP contribution in [-0.4, -0.2) is 18.6 Å². The molecule has 3 heteroatoms. The molecule has 1 saturated carbocycles. The first-order valence-electron chi connectivity index (χ1n) is 6.01. The number of carbonyl (C=O) groups excluding carboxylic acids is 1. The van der Waals surface area contributed by atoms with Gasteiger partial charge in [-0.1, -0.05) is 12.1 Å². The summed E-state index contributed by atoms with van der Waals surface area (Å²) in [5.41, 5.74) is 9.01. The van der Waals surface area contributed by atoms with Crippen molar-refractivity contribution >= 4 is 5.97 Å². The van der Waals surface area contributed by atoms with Crippen molar-refractivity contribution < 1.29 is 9.53 Å². The Balaban J connectivity index is 2.05. The highest BCUT2D eigenvalue weighted by Crippen LogP contribution is 2.36. The van der Waals surface area contributed by atoms with E-state index >= 15 is 0 Å². The Kier molecular flexibility index (Phi) is 3.20. The Bertz CT molecular complexity index is 436. The maximum absolute atomic E-state index is 11.4. The van der Waals surface area contributed by atoms with Crippen LogP contribution in [0.3, 0.4) is 0 Å². The van der Waals surface area contributed by atoms with Crippen LogP contribution in [0.15, 0.2) is 18.2 Å². The molecule has 0 aliphatic heterocycles. The molecule has 0 unspecified atom stereocenters. The van der Waals surface area contributed by atoms with Crippen molar-refractivity contribution in [1.29, 1.82) is 0 Å². The molecule has 0 saturated heterocycles. The Labute approximate surface area is 102 Å². The van der Waals surface area contributed by atoms with Gasteiger partial charge >= 0.3 is 5.97 Å². The topological polar surface area (TPSA) is 52.3 Å². The zero-order valence-corrected chi connectivity index (χ0v) is 10.5. The van der Waals surface area contributed by atoms with E-state index in [9.17, 15) is 4.79 Å². The van der Waals surface area contributed by atoms with Gasteiger partial charge in [0.1, 0.15) is 0 Å². The highest BCUT2D eigenvalue weighted by molar-refractivity contribution is 5.90. The van der Waals surface area contributed by atoms with Gasteiger partial charge in [0.15, 0.2) is 0 Å². The van der Waals surface area contributed by atoms with Crippen molar-refractivity contribution in [3.8, 4) is 0 Å². The van der Waals surface area contributed by atoms with Crippen LogP contribution in [-0.2, 0) is 11.2 Å². The summed E-state index contributed by atoms with van der Waals surface area (Å²) < 4.78 is 4.72. The molecule has 1 aromatic rings. The van der Waals surface area contributed by atoms with E-state index in [-0.39, 0.29) is 11.5 Å². The molecule has 0 amide bonds. The molecule has 0 radical (unpaired) electrons. The predicted octanol–water partition coefficient (Wildman–Crippen LogP) is 2.21. The van der Waals surface area contributed by atoms with E-state index in [1.54, 1.807) is 0 Å². The molecule has 0 bridgehead atoms. The standard InChI is InChI=1S/C14H19NO2/c1-10-9-11(5-6-14(15)7-8-14)3-4-12(10)13(16)17-2/h3-4,9H,5-8,15H2,1-2H3. The number of hydrogen-bond acceptors (Lipinski definition) is 3. The van der Waals surface area contributed by atoms with Crippen LogP contribution in [0.2, 0.25) is 0 Å². The van der Waals surface area contributed by atoms with E-state index in [1.165, 1.54) is 12.7 Å². The van der Waals surface area contributed by atoms with Crippen molar-refractivity contribution in [3.63, 3.8) is 0 Å². The minimum atomic E-state index is -0.272. The number of carbonyl (C=O) groups is 1. The second-order valence-electron chi connectivity index (χ2n) is 5.00. The van der Waals surface area contributed by atoms with E-state index in [0.717, 1.165) is 31.2 Å². The lowest BCUT2D eigenvalue weighted by molar-refractivity contribution is 0.0600. The Morgan fingerprint density at radius 1 is 1.47 bits per heavy atom. The minimum Gasteiger partial charge on any atom is -0.465 e. The minimum absolute atomic E-state index is 0.0922. The van der Waals surface area contributed by atoms with Crippen molar-refractivity contribution in [2.75, 3.05) is 7.11 Å². The van der Waals surface area contributed by atoms with Crippen molar-refractivity contribution in [2.45, 2.75) is 38.1 Å². The van der Waals surface area contributed by atoms with Gasteiger partial charge in [0, 0.05) is 5.54 Å². The lowest BCUT2D eigenvalue weighted by Gasteiger charge is -2.10. The number of hydrogen-bond donors (Lipinski definition) is 1. The molecule has 92 valence electrons. The van der Waals surface area contributed by atoms with Crippen LogP contribution in [0, 0.1) is 6.92 Å². The lowest BCUT2D eigenvalue weighted by atomic mass is 10.00. The molecule has 2 rings (SSSR count). The van der Waals surface area contributed by atoms with Gasteiger partial charge in [-0.15, -0.1) is 0 Å². The normalized spacial score (nSPS) is 16.6. The van der Waals surface area contributed by atoms with Crippen LogP contribution in [0.5, 0.6) is 0 Å². The first-order chi connectivity index (χ1) is 8.04. The molecule has 1 aromatic carbocycles. The maximum Gasteiger partial charge on any atom is 0.338 e. The third kappa shape index (κ3) is 2.86. The molecule has 17 heavy (non-hydrogen) atoms. The summed E-state index contributed by atoms with van der Waals surface area (Å²) in [7, 11) is 1.40. The second-order valence-corrected chi connectivity index (χ2v) is 5.00. The Morgan fingerprint density at radius 2 is 2.18 bits per heavy atom. The van der Waals surface area contributed by atoms with Gasteiger partial charge in [-0.05, 0) is 49.8 Å². The van der Waals surface area contributed by atoms with Gasteiger partial charge in [-0.25, -0.2) is 4.79 Å². The SMILES string of the molecule is COC(=O)c1ccc(CCC2(N)CC2)cc1C. The van der Waals surface area contributed by atoms with Crippen molar-refractivity contribution in [1.82, 2.24) is 0 Å². The smallest absolute Gasteiger partial charge is 0.338 e. The summed E-state index contributed by atoms with van der Waals surface area (Å²) in [5, 5.41) is 0. The number of nitrogens with two attached hydrogens (primary N) is 1. The Hall–Kier alpha value is -1.35. The highest BCUT2D eigenvalue weighted by Gasteiger charge is 2.37. The zero-order chi connectivity index (χ0) is 12.5.